The number of thiophene rings is 1. The molecular weight excluding hydrogens is 562 g/mol. The number of amides is 2. The minimum atomic E-state index is -0.595. The van der Waals surface area contributed by atoms with Gasteiger partial charge < -0.3 is 21.1 Å². The molecule has 0 saturated carbocycles. The fourth-order valence-electron chi connectivity index (χ4n) is 4.49. The second-order valence-electron chi connectivity index (χ2n) is 11.2. The molecule has 0 bridgehead atoms. The number of aliphatic imine (C=N–C) groups is 1. The van der Waals surface area contributed by atoms with Gasteiger partial charge in [0.15, 0.2) is 5.82 Å². The van der Waals surface area contributed by atoms with Gasteiger partial charge >= 0.3 is 0 Å². The summed E-state index contributed by atoms with van der Waals surface area (Å²) in [5.41, 5.74) is 9.52. The quantitative estimate of drug-likeness (QED) is 0.303. The number of nitrogens with one attached hydrogen (secondary N) is 2. The number of hydrogen-bond donors (Lipinski definition) is 3. The highest BCUT2D eigenvalue weighted by Crippen LogP contribution is 2.39. The monoisotopic (exact) mass is 599 g/mol. The fraction of sp³-hybridized carbons (Fsp3) is 0.483. The number of aryl methyl sites for hydroxylation is 2. The van der Waals surface area contributed by atoms with E-state index in [1.54, 1.807) is 11.3 Å². The van der Waals surface area contributed by atoms with Gasteiger partial charge in [-0.2, -0.15) is 0 Å². The van der Waals surface area contributed by atoms with E-state index in [9.17, 15) is 9.59 Å². The van der Waals surface area contributed by atoms with Gasteiger partial charge in [0.25, 0.3) is 0 Å². The summed E-state index contributed by atoms with van der Waals surface area (Å²) in [7, 11) is 0. The van der Waals surface area contributed by atoms with Crippen molar-refractivity contribution >= 4 is 40.5 Å². The smallest absolute Gasteiger partial charge is 0.237 e. The van der Waals surface area contributed by atoms with E-state index in [1.165, 1.54) is 4.88 Å². The number of hydrogen-bond acceptors (Lipinski definition) is 8. The van der Waals surface area contributed by atoms with Crippen LogP contribution in [0, 0.1) is 26.2 Å². The Bertz CT molecular complexity index is 1440. The van der Waals surface area contributed by atoms with E-state index in [2.05, 4.69) is 34.7 Å². The van der Waals surface area contributed by atoms with E-state index in [1.807, 2.05) is 56.5 Å². The van der Waals surface area contributed by atoms with Crippen LogP contribution in [-0.4, -0.2) is 64.6 Å². The van der Waals surface area contributed by atoms with E-state index in [0.717, 1.165) is 33.2 Å². The van der Waals surface area contributed by atoms with E-state index < -0.39 is 12.1 Å². The molecule has 2 atom stereocenters. The van der Waals surface area contributed by atoms with Crippen LogP contribution in [-0.2, 0) is 14.3 Å². The Balaban J connectivity index is 1.42. The highest BCUT2D eigenvalue weighted by Gasteiger charge is 2.32. The van der Waals surface area contributed by atoms with Crippen LogP contribution in [0.15, 0.2) is 29.3 Å². The van der Waals surface area contributed by atoms with Gasteiger partial charge in [-0.1, -0.05) is 44.5 Å². The maximum absolute atomic E-state index is 13.0. The summed E-state index contributed by atoms with van der Waals surface area (Å²) < 4.78 is 7.60. The van der Waals surface area contributed by atoms with E-state index in [-0.39, 0.29) is 23.7 Å². The van der Waals surface area contributed by atoms with Crippen molar-refractivity contribution in [3.05, 3.63) is 62.5 Å². The van der Waals surface area contributed by atoms with Gasteiger partial charge in [0.1, 0.15) is 16.9 Å². The number of fused-ring (bicyclic) bond motifs is 3. The molecule has 1 aliphatic rings. The number of carbonyl (C=O) groups excluding carboxylic acids is 2. The van der Waals surface area contributed by atoms with Crippen molar-refractivity contribution in [1.82, 2.24) is 25.4 Å². The molecule has 4 rings (SSSR count). The SMILES string of the molecule is Cc1sc2c(c1C)C(c1ccc(Cl)cc1)=N[C@@H](CC(=O)NCCOCCNC(=O)[C@@H](N)C(C)(C)C)c1nnc(C)n1-2. The number of ether oxygens (including phenoxy) is 1. The van der Waals surface area contributed by atoms with Crippen molar-refractivity contribution in [1.29, 1.82) is 0 Å². The number of aromatic nitrogens is 3. The van der Waals surface area contributed by atoms with Crippen LogP contribution in [0.4, 0.5) is 0 Å². The Morgan fingerprint density at radius 2 is 1.76 bits per heavy atom. The average molecular weight is 600 g/mol. The van der Waals surface area contributed by atoms with E-state index >= 15 is 0 Å². The summed E-state index contributed by atoms with van der Waals surface area (Å²) in [6.45, 7) is 13.1. The van der Waals surface area contributed by atoms with Gasteiger partial charge in [0, 0.05) is 34.1 Å². The molecule has 1 aliphatic heterocycles. The van der Waals surface area contributed by atoms with Crippen LogP contribution in [0.3, 0.4) is 0 Å². The van der Waals surface area contributed by atoms with Gasteiger partial charge in [-0.25, -0.2) is 0 Å². The van der Waals surface area contributed by atoms with Crippen LogP contribution in [0.1, 0.15) is 66.5 Å². The number of benzene rings is 1. The summed E-state index contributed by atoms with van der Waals surface area (Å²) in [6, 6.07) is 6.45. The summed E-state index contributed by atoms with van der Waals surface area (Å²) in [6.07, 6.45) is 0.100. The van der Waals surface area contributed by atoms with E-state index in [0.29, 0.717) is 37.2 Å². The molecule has 0 fully saturated rings. The Kier molecular flexibility index (Phi) is 9.63. The molecule has 0 unspecified atom stereocenters. The van der Waals surface area contributed by atoms with E-state index in [4.69, 9.17) is 27.1 Å². The van der Waals surface area contributed by atoms with Gasteiger partial charge in [-0.15, -0.1) is 21.5 Å². The Hall–Kier alpha value is -3.12. The molecule has 0 radical (unpaired) electrons. The van der Waals surface area contributed by atoms with Crippen molar-refractivity contribution < 1.29 is 14.3 Å². The lowest BCUT2D eigenvalue weighted by Crippen LogP contribution is -2.49. The molecule has 4 N–H and O–H groups in total. The largest absolute Gasteiger partial charge is 0.378 e. The zero-order valence-electron chi connectivity index (χ0n) is 24.4. The molecule has 10 nitrogen and oxygen atoms in total. The number of nitrogens with zero attached hydrogens (tertiary/aromatic N) is 4. The Morgan fingerprint density at radius 1 is 1.10 bits per heavy atom. The molecule has 1 aromatic carbocycles. The van der Waals surface area contributed by atoms with Gasteiger partial charge in [-0.3, -0.25) is 19.1 Å². The minimum Gasteiger partial charge on any atom is -0.378 e. The first kappa shape index (κ1) is 30.8. The van der Waals surface area contributed by atoms with Crippen molar-refractivity contribution in [2.75, 3.05) is 26.3 Å². The van der Waals surface area contributed by atoms with Crippen molar-refractivity contribution in [3.63, 3.8) is 0 Å². The lowest BCUT2D eigenvalue weighted by molar-refractivity contribution is -0.124. The normalized spacial score (nSPS) is 15.4. The number of rotatable bonds is 10. The first-order valence-electron chi connectivity index (χ1n) is 13.6. The topological polar surface area (TPSA) is 137 Å². The zero-order chi connectivity index (χ0) is 29.9. The molecule has 0 saturated heterocycles. The molecule has 3 heterocycles. The second-order valence-corrected chi connectivity index (χ2v) is 12.8. The predicted molar refractivity (Wildman–Crippen MR) is 162 cm³/mol. The second kappa shape index (κ2) is 12.8. The van der Waals surface area contributed by atoms with Gasteiger partial charge in [0.05, 0.1) is 31.4 Å². The third-order valence-corrected chi connectivity index (χ3v) is 8.51. The summed E-state index contributed by atoms with van der Waals surface area (Å²) in [5, 5.41) is 16.1. The molecule has 12 heteroatoms. The number of nitrogens with two attached hydrogens (primary N) is 1. The van der Waals surface area contributed by atoms with Crippen LogP contribution in [0.25, 0.3) is 5.00 Å². The summed E-state index contributed by atoms with van der Waals surface area (Å²) in [5.74, 6) is 0.987. The third kappa shape index (κ3) is 7.03. The first-order valence-corrected chi connectivity index (χ1v) is 14.8. The standard InChI is InChI=1S/C29H38ClN7O3S/c1-16-17(2)41-28-23(16)24(19-7-9-20(30)10-8-19)34-21(26-36-35-18(3)37(26)28)15-22(38)32-11-13-40-14-12-33-27(39)25(31)29(4,5)6/h7-10,21,25H,11-15,31H2,1-6H3,(H,32,38)(H,33,39)/t21-,25+/m0/s1. The molecule has 41 heavy (non-hydrogen) atoms. The Morgan fingerprint density at radius 3 is 2.41 bits per heavy atom. The van der Waals surface area contributed by atoms with Gasteiger partial charge in [0.2, 0.25) is 11.8 Å². The molecule has 3 aromatic rings. The van der Waals surface area contributed by atoms with Crippen molar-refractivity contribution in [2.45, 2.75) is 60.0 Å². The molecule has 0 aliphatic carbocycles. The highest BCUT2D eigenvalue weighted by atomic mass is 35.5. The predicted octanol–water partition coefficient (Wildman–Crippen LogP) is 3.81. The van der Waals surface area contributed by atoms with Crippen LogP contribution < -0.4 is 16.4 Å². The van der Waals surface area contributed by atoms with Crippen LogP contribution >= 0.6 is 22.9 Å². The van der Waals surface area contributed by atoms with Gasteiger partial charge in [-0.05, 0) is 43.9 Å². The fourth-order valence-corrected chi connectivity index (χ4v) is 5.83. The van der Waals surface area contributed by atoms with Crippen molar-refractivity contribution in [2.24, 2.45) is 16.1 Å². The van der Waals surface area contributed by atoms with Crippen molar-refractivity contribution in [3.8, 4) is 5.00 Å². The molecular formula is C29H38ClN7O3S. The average Bonchev–Trinajstić information content (AvgIpc) is 3.39. The minimum absolute atomic E-state index is 0.100. The first-order chi connectivity index (χ1) is 19.4. The van der Waals surface area contributed by atoms with Crippen LogP contribution in [0.5, 0.6) is 0 Å². The Labute approximate surface area is 249 Å². The molecule has 220 valence electrons. The lowest BCUT2D eigenvalue weighted by Gasteiger charge is -2.25. The zero-order valence-corrected chi connectivity index (χ0v) is 25.9. The highest BCUT2D eigenvalue weighted by molar-refractivity contribution is 7.15. The summed E-state index contributed by atoms with van der Waals surface area (Å²) >= 11 is 7.84. The third-order valence-electron chi connectivity index (χ3n) is 7.07. The maximum atomic E-state index is 13.0. The number of halogens is 1. The number of carbonyl (C=O) groups is 2. The molecule has 2 amide bonds. The maximum Gasteiger partial charge on any atom is 0.237 e. The van der Waals surface area contributed by atoms with Crippen LogP contribution in [0.2, 0.25) is 5.02 Å². The summed E-state index contributed by atoms with van der Waals surface area (Å²) in [4.78, 5) is 31.4. The molecule has 0 spiro atoms. The lowest BCUT2D eigenvalue weighted by atomic mass is 9.87. The molecule has 2 aromatic heterocycles.